The summed E-state index contributed by atoms with van der Waals surface area (Å²) in [4.78, 5) is 27.3. The van der Waals surface area contributed by atoms with Crippen molar-refractivity contribution in [2.45, 2.75) is 25.5 Å². The van der Waals surface area contributed by atoms with E-state index in [0.29, 0.717) is 12.0 Å². The van der Waals surface area contributed by atoms with Gasteiger partial charge in [-0.1, -0.05) is 15.9 Å². The lowest BCUT2D eigenvalue weighted by Crippen LogP contribution is -2.49. The van der Waals surface area contributed by atoms with Crippen LogP contribution in [-0.2, 0) is 0 Å². The van der Waals surface area contributed by atoms with Crippen LogP contribution in [0.5, 0.6) is 0 Å². The molecule has 0 aliphatic heterocycles. The van der Waals surface area contributed by atoms with E-state index < -0.39 is 17.4 Å². The molecule has 1 aromatic heterocycles. The van der Waals surface area contributed by atoms with Gasteiger partial charge in [0, 0.05) is 24.8 Å². The van der Waals surface area contributed by atoms with Gasteiger partial charge in [0.1, 0.15) is 0 Å². The first-order valence-corrected chi connectivity index (χ1v) is 7.32. The van der Waals surface area contributed by atoms with E-state index in [0.717, 1.165) is 0 Å². The molecular weight excluding hydrogens is 328 g/mol. The average Bonchev–Trinajstić information content (AvgIpc) is 2.33. The molecule has 1 heterocycles. The molecule has 1 aliphatic rings. The number of hydrogen-bond acceptors (Lipinski definition) is 4. The molecule has 0 saturated heterocycles. The van der Waals surface area contributed by atoms with Gasteiger partial charge >= 0.3 is 5.69 Å². The summed E-state index contributed by atoms with van der Waals surface area (Å²) in [6.07, 6.45) is 3.02. The maximum absolute atomic E-state index is 11.9. The average molecular weight is 345 g/mol. The van der Waals surface area contributed by atoms with Crippen LogP contribution in [0.1, 0.15) is 24.9 Å². The van der Waals surface area contributed by atoms with Crippen LogP contribution in [0.2, 0.25) is 0 Å². The molecule has 0 aromatic carbocycles. The molecule has 6 nitrogen and oxygen atoms in total. The van der Waals surface area contributed by atoms with Gasteiger partial charge in [0.15, 0.2) is 0 Å². The van der Waals surface area contributed by atoms with Crippen molar-refractivity contribution in [2.24, 2.45) is 11.8 Å². The summed E-state index contributed by atoms with van der Waals surface area (Å²) in [5.41, 5.74) is -0.583. The molecule has 4 atom stereocenters. The van der Waals surface area contributed by atoms with Crippen LogP contribution in [0.4, 0.5) is 0 Å². The fourth-order valence-corrected chi connectivity index (χ4v) is 3.17. The van der Waals surface area contributed by atoms with E-state index in [9.17, 15) is 19.8 Å². The molecule has 1 fully saturated rings. The lowest BCUT2D eigenvalue weighted by atomic mass is 9.67. The van der Waals surface area contributed by atoms with Crippen LogP contribution in [0.3, 0.4) is 0 Å². The van der Waals surface area contributed by atoms with Gasteiger partial charge in [-0.2, -0.15) is 0 Å². The summed E-state index contributed by atoms with van der Waals surface area (Å²) in [5.74, 6) is -0.210. The van der Waals surface area contributed by atoms with Gasteiger partial charge in [-0.25, -0.2) is 4.79 Å². The third-order valence-electron chi connectivity index (χ3n) is 3.92. The Balaban J connectivity index is 2.41. The SMILES string of the molecule is CC(O)C1C(CO)CC1n1cc(C=CBr)c(=O)[nH]c1=O. The summed E-state index contributed by atoms with van der Waals surface area (Å²) in [6.45, 7) is 1.63. The largest absolute Gasteiger partial charge is 0.396 e. The summed E-state index contributed by atoms with van der Waals surface area (Å²) in [5, 5.41) is 19.1. The van der Waals surface area contributed by atoms with Crippen molar-refractivity contribution in [1.82, 2.24) is 9.55 Å². The van der Waals surface area contributed by atoms with Gasteiger partial charge in [0.25, 0.3) is 5.56 Å². The topological polar surface area (TPSA) is 95.3 Å². The number of aromatic amines is 1. The minimum Gasteiger partial charge on any atom is -0.396 e. The van der Waals surface area contributed by atoms with Gasteiger partial charge in [-0.3, -0.25) is 14.3 Å². The second kappa shape index (κ2) is 6.07. The van der Waals surface area contributed by atoms with Crippen molar-refractivity contribution >= 4 is 22.0 Å². The number of H-pyrrole nitrogens is 1. The van der Waals surface area contributed by atoms with Gasteiger partial charge in [0.2, 0.25) is 0 Å². The Labute approximate surface area is 123 Å². The zero-order chi connectivity index (χ0) is 14.9. The molecule has 110 valence electrons. The number of rotatable bonds is 4. The van der Waals surface area contributed by atoms with Crippen molar-refractivity contribution < 1.29 is 10.2 Å². The Morgan fingerprint density at radius 2 is 2.30 bits per heavy atom. The molecule has 4 unspecified atom stereocenters. The van der Waals surface area contributed by atoms with Crippen molar-refractivity contribution in [3.05, 3.63) is 37.6 Å². The maximum Gasteiger partial charge on any atom is 0.328 e. The highest BCUT2D eigenvalue weighted by atomic mass is 79.9. The highest BCUT2D eigenvalue weighted by Crippen LogP contribution is 2.45. The molecule has 0 spiro atoms. The van der Waals surface area contributed by atoms with E-state index in [-0.39, 0.29) is 24.5 Å². The lowest BCUT2D eigenvalue weighted by Gasteiger charge is -2.46. The number of halogens is 1. The molecule has 0 radical (unpaired) electrons. The van der Waals surface area contributed by atoms with Crippen LogP contribution in [-0.4, -0.2) is 32.5 Å². The second-order valence-electron chi connectivity index (χ2n) is 5.11. The number of aliphatic hydroxyl groups is 2. The van der Waals surface area contributed by atoms with Crippen molar-refractivity contribution in [3.63, 3.8) is 0 Å². The Bertz CT molecular complexity index is 620. The predicted molar refractivity (Wildman–Crippen MR) is 78.7 cm³/mol. The minimum atomic E-state index is -0.625. The van der Waals surface area contributed by atoms with Gasteiger partial charge < -0.3 is 10.2 Å². The first-order chi connectivity index (χ1) is 9.49. The highest BCUT2D eigenvalue weighted by Gasteiger charge is 2.44. The van der Waals surface area contributed by atoms with E-state index in [2.05, 4.69) is 20.9 Å². The lowest BCUT2D eigenvalue weighted by molar-refractivity contribution is -0.0492. The third kappa shape index (κ3) is 2.65. The molecular formula is C13H17BrN2O4. The van der Waals surface area contributed by atoms with Crippen LogP contribution >= 0.6 is 15.9 Å². The highest BCUT2D eigenvalue weighted by molar-refractivity contribution is 9.11. The third-order valence-corrected chi connectivity index (χ3v) is 4.18. The van der Waals surface area contributed by atoms with Crippen molar-refractivity contribution in [3.8, 4) is 0 Å². The maximum atomic E-state index is 11.9. The molecule has 3 N–H and O–H groups in total. The second-order valence-corrected chi connectivity index (χ2v) is 5.64. The first kappa shape index (κ1) is 15.2. The van der Waals surface area contributed by atoms with Crippen LogP contribution in [0.15, 0.2) is 20.8 Å². The van der Waals surface area contributed by atoms with Crippen LogP contribution in [0.25, 0.3) is 6.08 Å². The zero-order valence-electron chi connectivity index (χ0n) is 11.0. The van der Waals surface area contributed by atoms with Crippen molar-refractivity contribution in [1.29, 1.82) is 0 Å². The quantitative estimate of drug-likeness (QED) is 0.739. The molecule has 2 rings (SSSR count). The Kier molecular flexibility index (Phi) is 4.62. The van der Waals surface area contributed by atoms with E-state index in [1.54, 1.807) is 13.0 Å². The number of aliphatic hydroxyl groups excluding tert-OH is 2. The Morgan fingerprint density at radius 1 is 1.60 bits per heavy atom. The van der Waals surface area contributed by atoms with E-state index >= 15 is 0 Å². The molecule has 1 aromatic rings. The molecule has 1 aliphatic carbocycles. The summed E-state index contributed by atoms with van der Waals surface area (Å²) in [6, 6.07) is -0.209. The fraction of sp³-hybridized carbons (Fsp3) is 0.538. The van der Waals surface area contributed by atoms with Gasteiger partial charge in [-0.15, -0.1) is 0 Å². The Hall–Kier alpha value is -1.18. The summed E-state index contributed by atoms with van der Waals surface area (Å²) >= 11 is 3.09. The number of nitrogens with one attached hydrogen (secondary N) is 1. The van der Waals surface area contributed by atoms with E-state index in [4.69, 9.17) is 0 Å². The van der Waals surface area contributed by atoms with Crippen LogP contribution < -0.4 is 11.2 Å². The molecule has 1 saturated carbocycles. The molecule has 7 heteroatoms. The molecule has 0 bridgehead atoms. The predicted octanol–water partition coefficient (Wildman–Crippen LogP) is 0.453. The smallest absolute Gasteiger partial charge is 0.328 e. The van der Waals surface area contributed by atoms with Crippen LogP contribution in [0, 0.1) is 11.8 Å². The summed E-state index contributed by atoms with van der Waals surface area (Å²) < 4.78 is 1.44. The fourth-order valence-electron chi connectivity index (χ4n) is 2.89. The number of aromatic nitrogens is 2. The van der Waals surface area contributed by atoms with Gasteiger partial charge in [-0.05, 0) is 30.3 Å². The minimum absolute atomic E-state index is 0.0155. The number of nitrogens with zero attached hydrogens (tertiary/aromatic N) is 1. The monoisotopic (exact) mass is 344 g/mol. The van der Waals surface area contributed by atoms with Gasteiger partial charge in [0.05, 0.1) is 11.7 Å². The Morgan fingerprint density at radius 3 is 2.85 bits per heavy atom. The van der Waals surface area contributed by atoms with E-state index in [1.165, 1.54) is 15.7 Å². The van der Waals surface area contributed by atoms with E-state index in [1.807, 2.05) is 0 Å². The molecule has 0 amide bonds. The number of hydrogen-bond donors (Lipinski definition) is 3. The van der Waals surface area contributed by atoms with Crippen molar-refractivity contribution in [2.75, 3.05) is 6.61 Å². The first-order valence-electron chi connectivity index (χ1n) is 6.40. The molecule has 20 heavy (non-hydrogen) atoms. The standard InChI is InChI=1S/C13H17BrN2O4/c1-7(18)11-9(6-17)4-10(11)16-5-8(2-3-14)12(19)15-13(16)20/h2-3,5,7,9-11,17-18H,4,6H2,1H3,(H,15,19,20). The zero-order valence-corrected chi connectivity index (χ0v) is 12.6. The normalized spacial score (nSPS) is 27.5. The summed E-state index contributed by atoms with van der Waals surface area (Å²) in [7, 11) is 0.